The highest BCUT2D eigenvalue weighted by atomic mass is 16.5. The molecule has 0 atom stereocenters. The van der Waals surface area contributed by atoms with Gasteiger partial charge in [-0.25, -0.2) is 0 Å². The van der Waals surface area contributed by atoms with Crippen LogP contribution in [0.3, 0.4) is 0 Å². The van der Waals surface area contributed by atoms with E-state index in [1.165, 1.54) is 11.1 Å². The van der Waals surface area contributed by atoms with Crippen LogP contribution in [0.1, 0.15) is 12.5 Å². The molecule has 0 amide bonds. The second kappa shape index (κ2) is 7.50. The van der Waals surface area contributed by atoms with Crippen LogP contribution in [0.2, 0.25) is 0 Å². The maximum Gasteiger partial charge on any atom is 0.120 e. The Kier molecular flexibility index (Phi) is 4.95. The Bertz CT molecular complexity index is 753. The molecule has 0 spiro atoms. The Balaban J connectivity index is 1.80. The molecule has 1 N–H and O–H groups in total. The summed E-state index contributed by atoms with van der Waals surface area (Å²) in [6, 6.07) is 26.8. The van der Waals surface area contributed by atoms with Gasteiger partial charge in [-0.05, 0) is 36.2 Å². The van der Waals surface area contributed by atoms with Crippen molar-refractivity contribution < 1.29 is 4.74 Å². The van der Waals surface area contributed by atoms with Gasteiger partial charge in [0, 0.05) is 17.8 Å². The van der Waals surface area contributed by atoms with Crippen molar-refractivity contribution in [1.29, 1.82) is 0 Å². The summed E-state index contributed by atoms with van der Waals surface area (Å²) in [5.41, 5.74) is 4.67. The van der Waals surface area contributed by atoms with Crippen molar-refractivity contribution >= 4 is 5.69 Å². The average Bonchev–Trinajstić information content (AvgIpc) is 2.62. The summed E-state index contributed by atoms with van der Waals surface area (Å²) in [4.78, 5) is 0. The molecule has 0 saturated carbocycles. The Morgan fingerprint density at radius 2 is 1.61 bits per heavy atom. The van der Waals surface area contributed by atoms with Gasteiger partial charge in [-0.15, -0.1) is 0 Å². The molecular weight excluding hydrogens is 282 g/mol. The van der Waals surface area contributed by atoms with Crippen molar-refractivity contribution in [2.45, 2.75) is 13.5 Å². The molecule has 0 heterocycles. The zero-order valence-corrected chi connectivity index (χ0v) is 13.3. The molecule has 0 saturated heterocycles. The summed E-state index contributed by atoms with van der Waals surface area (Å²) in [6.07, 6.45) is 0. The fourth-order valence-corrected chi connectivity index (χ4v) is 2.57. The van der Waals surface area contributed by atoms with Gasteiger partial charge in [0.15, 0.2) is 0 Å². The quantitative estimate of drug-likeness (QED) is 0.661. The number of ether oxygens (including phenoxy) is 1. The normalized spacial score (nSPS) is 10.3. The highest BCUT2D eigenvalue weighted by molar-refractivity contribution is 5.78. The molecule has 3 aromatic rings. The maximum absolute atomic E-state index is 5.93. The lowest BCUT2D eigenvalue weighted by Gasteiger charge is -2.12. The van der Waals surface area contributed by atoms with Crippen LogP contribution in [-0.4, -0.2) is 6.54 Å². The molecule has 0 aliphatic heterocycles. The Hall–Kier alpha value is -2.74. The second-order valence-corrected chi connectivity index (χ2v) is 5.38. The molecule has 2 nitrogen and oxygen atoms in total. The van der Waals surface area contributed by atoms with Crippen LogP contribution in [0.4, 0.5) is 5.69 Å². The summed E-state index contributed by atoms with van der Waals surface area (Å²) in [5, 5.41) is 3.41. The molecule has 23 heavy (non-hydrogen) atoms. The average molecular weight is 303 g/mol. The predicted octanol–water partition coefficient (Wildman–Crippen LogP) is 5.36. The first-order valence-electron chi connectivity index (χ1n) is 7.97. The lowest BCUT2D eigenvalue weighted by atomic mass is 10.0. The van der Waals surface area contributed by atoms with Gasteiger partial charge >= 0.3 is 0 Å². The number of hydrogen-bond donors (Lipinski definition) is 1. The van der Waals surface area contributed by atoms with Crippen molar-refractivity contribution in [2.75, 3.05) is 11.9 Å². The predicted molar refractivity (Wildman–Crippen MR) is 96.8 cm³/mol. The monoisotopic (exact) mass is 303 g/mol. The van der Waals surface area contributed by atoms with E-state index >= 15 is 0 Å². The number of anilines is 1. The highest BCUT2D eigenvalue weighted by Gasteiger charge is 2.05. The first-order valence-corrected chi connectivity index (χ1v) is 7.97. The van der Waals surface area contributed by atoms with Crippen LogP contribution in [-0.2, 0) is 6.61 Å². The minimum Gasteiger partial charge on any atom is -0.489 e. The topological polar surface area (TPSA) is 21.3 Å². The lowest BCUT2D eigenvalue weighted by molar-refractivity contribution is 0.306. The molecule has 0 radical (unpaired) electrons. The number of nitrogens with one attached hydrogen (secondary N) is 1. The lowest BCUT2D eigenvalue weighted by Crippen LogP contribution is -1.98. The molecule has 0 aromatic heterocycles. The van der Waals surface area contributed by atoms with E-state index < -0.39 is 0 Å². The van der Waals surface area contributed by atoms with Gasteiger partial charge in [-0.3, -0.25) is 0 Å². The van der Waals surface area contributed by atoms with Crippen molar-refractivity contribution in [3.05, 3.63) is 84.4 Å². The molecule has 0 fully saturated rings. The van der Waals surface area contributed by atoms with Crippen molar-refractivity contribution in [3.63, 3.8) is 0 Å². The number of benzene rings is 3. The van der Waals surface area contributed by atoms with Crippen LogP contribution in [0.25, 0.3) is 11.1 Å². The summed E-state index contributed by atoms with van der Waals surface area (Å²) in [7, 11) is 0. The summed E-state index contributed by atoms with van der Waals surface area (Å²) < 4.78 is 5.93. The first kappa shape index (κ1) is 15.2. The van der Waals surface area contributed by atoms with Crippen LogP contribution in [0.5, 0.6) is 5.75 Å². The zero-order valence-electron chi connectivity index (χ0n) is 13.3. The van der Waals surface area contributed by atoms with Gasteiger partial charge in [-0.1, -0.05) is 60.7 Å². The largest absolute Gasteiger partial charge is 0.489 e. The van der Waals surface area contributed by atoms with E-state index in [1.54, 1.807) is 0 Å². The van der Waals surface area contributed by atoms with Crippen LogP contribution < -0.4 is 10.1 Å². The van der Waals surface area contributed by atoms with Gasteiger partial charge in [0.1, 0.15) is 12.4 Å². The van der Waals surface area contributed by atoms with E-state index in [4.69, 9.17) is 4.74 Å². The van der Waals surface area contributed by atoms with Gasteiger partial charge in [0.25, 0.3) is 0 Å². The van der Waals surface area contributed by atoms with Crippen molar-refractivity contribution in [1.82, 2.24) is 0 Å². The molecule has 0 aliphatic carbocycles. The summed E-state index contributed by atoms with van der Waals surface area (Å²) >= 11 is 0. The molecule has 0 unspecified atom stereocenters. The zero-order chi connectivity index (χ0) is 15.9. The van der Waals surface area contributed by atoms with Gasteiger partial charge in [0.2, 0.25) is 0 Å². The third-order valence-electron chi connectivity index (χ3n) is 3.69. The fourth-order valence-electron chi connectivity index (χ4n) is 2.57. The molecule has 0 aliphatic rings. The van der Waals surface area contributed by atoms with E-state index in [-0.39, 0.29) is 0 Å². The van der Waals surface area contributed by atoms with E-state index in [9.17, 15) is 0 Å². The third-order valence-corrected chi connectivity index (χ3v) is 3.69. The van der Waals surface area contributed by atoms with Crippen LogP contribution in [0.15, 0.2) is 78.9 Å². The van der Waals surface area contributed by atoms with E-state index in [0.29, 0.717) is 6.61 Å². The van der Waals surface area contributed by atoms with Gasteiger partial charge < -0.3 is 10.1 Å². The Morgan fingerprint density at radius 1 is 0.826 bits per heavy atom. The van der Waals surface area contributed by atoms with E-state index in [1.807, 2.05) is 30.3 Å². The number of rotatable bonds is 6. The van der Waals surface area contributed by atoms with Crippen molar-refractivity contribution in [2.24, 2.45) is 0 Å². The maximum atomic E-state index is 5.93. The number of para-hydroxylation sites is 1. The first-order chi connectivity index (χ1) is 11.4. The highest BCUT2D eigenvalue weighted by Crippen LogP contribution is 2.30. The van der Waals surface area contributed by atoms with Gasteiger partial charge in [-0.2, -0.15) is 0 Å². The standard InChI is InChI=1S/C21H21NO/c1-2-22-21-14-7-6-13-20(21)18-11-8-12-19(15-18)23-16-17-9-4-3-5-10-17/h3-15,22H,2,16H2,1H3. The minimum atomic E-state index is 0.582. The second-order valence-electron chi connectivity index (χ2n) is 5.38. The molecule has 2 heteroatoms. The number of hydrogen-bond acceptors (Lipinski definition) is 2. The fraction of sp³-hybridized carbons (Fsp3) is 0.143. The van der Waals surface area contributed by atoms with Gasteiger partial charge in [0.05, 0.1) is 0 Å². The minimum absolute atomic E-state index is 0.582. The summed E-state index contributed by atoms with van der Waals surface area (Å²) in [6.45, 7) is 3.59. The molecule has 3 rings (SSSR count). The molecule has 3 aromatic carbocycles. The molecule has 0 bridgehead atoms. The third kappa shape index (κ3) is 3.92. The van der Waals surface area contributed by atoms with Crippen LogP contribution >= 0.6 is 0 Å². The molecular formula is C21H21NO. The summed E-state index contributed by atoms with van der Waals surface area (Å²) in [5.74, 6) is 0.887. The van der Waals surface area contributed by atoms with Crippen LogP contribution in [0, 0.1) is 0 Å². The van der Waals surface area contributed by atoms with E-state index in [2.05, 4.69) is 60.8 Å². The van der Waals surface area contributed by atoms with Crippen molar-refractivity contribution in [3.8, 4) is 16.9 Å². The van der Waals surface area contributed by atoms with E-state index in [0.717, 1.165) is 23.5 Å². The SMILES string of the molecule is CCNc1ccccc1-c1cccc(OCc2ccccc2)c1. The Morgan fingerprint density at radius 3 is 2.43 bits per heavy atom. The Labute approximate surface area is 137 Å². The molecule has 116 valence electrons. The smallest absolute Gasteiger partial charge is 0.120 e.